The van der Waals surface area contributed by atoms with Crippen LogP contribution >= 0.6 is 0 Å². The fourth-order valence-electron chi connectivity index (χ4n) is 7.77. The van der Waals surface area contributed by atoms with Gasteiger partial charge >= 0.3 is 0 Å². The first-order chi connectivity index (χ1) is 20.6. The summed E-state index contributed by atoms with van der Waals surface area (Å²) in [7, 11) is 0. The van der Waals surface area contributed by atoms with Crippen LogP contribution in [0.25, 0.3) is 0 Å². The van der Waals surface area contributed by atoms with Crippen molar-refractivity contribution < 1.29 is 23.0 Å². The number of halogens is 2. The van der Waals surface area contributed by atoms with Crippen LogP contribution < -0.4 is 9.47 Å². The second-order valence-corrected chi connectivity index (χ2v) is 12.8. The Kier molecular flexibility index (Phi) is 9.75. The van der Waals surface area contributed by atoms with Gasteiger partial charge in [0.15, 0.2) is 5.78 Å². The summed E-state index contributed by atoms with van der Waals surface area (Å²) in [5, 5.41) is 0. The Morgan fingerprint density at radius 2 is 0.976 bits per heavy atom. The molecule has 4 aliphatic rings. The maximum atomic E-state index is 15.3. The van der Waals surface area contributed by atoms with E-state index in [1.165, 1.54) is 75.6 Å². The van der Waals surface area contributed by atoms with Crippen molar-refractivity contribution in [3.8, 4) is 11.5 Å². The zero-order valence-corrected chi connectivity index (χ0v) is 24.9. The Morgan fingerprint density at radius 1 is 0.571 bits per heavy atom. The highest BCUT2D eigenvalue weighted by Crippen LogP contribution is 2.32. The molecule has 2 aliphatic carbocycles. The van der Waals surface area contributed by atoms with E-state index in [4.69, 9.17) is 9.47 Å². The van der Waals surface area contributed by atoms with Gasteiger partial charge in [-0.25, -0.2) is 8.78 Å². The van der Waals surface area contributed by atoms with Crippen molar-refractivity contribution in [2.45, 2.75) is 114 Å². The van der Waals surface area contributed by atoms with Crippen molar-refractivity contribution >= 4 is 5.78 Å². The van der Waals surface area contributed by atoms with Gasteiger partial charge in [-0.1, -0.05) is 25.7 Å². The molecule has 0 aromatic heterocycles. The third-order valence-corrected chi connectivity index (χ3v) is 10.00. The van der Waals surface area contributed by atoms with Gasteiger partial charge in [0.2, 0.25) is 0 Å². The van der Waals surface area contributed by atoms with Gasteiger partial charge in [-0.05, 0) is 115 Å². The van der Waals surface area contributed by atoms with Gasteiger partial charge in [0, 0.05) is 24.2 Å². The summed E-state index contributed by atoms with van der Waals surface area (Å²) in [5.41, 5.74) is -0.299. The standard InChI is InChI=1S/C35H46F2N2O3/c36-29-23-25(41-33-13-5-3-11-31(33)38-19-7-1-8-20-38)15-17-27(29)35(40)28-18-16-26(24-30(28)37)42-34-14-6-4-12-32(34)39-21-9-2-10-22-39/h15-18,23-24,31-34H,1-14,19-22H2/t31-,32-,33-,34-/m1/s1. The number of benzene rings is 2. The molecule has 0 N–H and O–H groups in total. The molecule has 0 radical (unpaired) electrons. The van der Waals surface area contributed by atoms with Crippen molar-refractivity contribution in [1.82, 2.24) is 9.80 Å². The van der Waals surface area contributed by atoms with Crippen molar-refractivity contribution in [2.24, 2.45) is 0 Å². The highest BCUT2D eigenvalue weighted by atomic mass is 19.1. The quantitative estimate of drug-likeness (QED) is 0.302. The van der Waals surface area contributed by atoms with E-state index >= 15 is 8.78 Å². The number of likely N-dealkylation sites (tertiary alicyclic amines) is 2. The molecule has 6 rings (SSSR count). The maximum absolute atomic E-state index is 15.3. The molecule has 0 spiro atoms. The van der Waals surface area contributed by atoms with Gasteiger partial charge in [0.25, 0.3) is 0 Å². The minimum absolute atomic E-state index is 0.0152. The van der Waals surface area contributed by atoms with E-state index in [0.29, 0.717) is 23.6 Å². The molecule has 2 heterocycles. The summed E-state index contributed by atoms with van der Waals surface area (Å²) < 4.78 is 43.2. The van der Waals surface area contributed by atoms with E-state index in [9.17, 15) is 4.79 Å². The summed E-state index contributed by atoms with van der Waals surface area (Å²) in [6.07, 6.45) is 16.2. The third kappa shape index (κ3) is 6.83. The smallest absolute Gasteiger partial charge is 0.198 e. The average Bonchev–Trinajstić information content (AvgIpc) is 3.02. The Balaban J connectivity index is 1.11. The van der Waals surface area contributed by atoms with Crippen molar-refractivity contribution in [2.75, 3.05) is 26.2 Å². The number of carbonyl (C=O) groups is 1. The van der Waals surface area contributed by atoms with E-state index < -0.39 is 17.4 Å². The third-order valence-electron chi connectivity index (χ3n) is 10.00. The molecule has 5 nitrogen and oxygen atoms in total. The molecule has 42 heavy (non-hydrogen) atoms. The molecule has 2 aliphatic heterocycles. The Bertz CT molecular complexity index is 1120. The molecular weight excluding hydrogens is 534 g/mol. The zero-order chi connectivity index (χ0) is 28.9. The highest BCUT2D eigenvalue weighted by Gasteiger charge is 2.34. The van der Waals surface area contributed by atoms with E-state index in [-0.39, 0.29) is 23.3 Å². The van der Waals surface area contributed by atoms with Gasteiger partial charge in [-0.3, -0.25) is 14.6 Å². The normalized spacial score (nSPS) is 27.9. The van der Waals surface area contributed by atoms with E-state index in [0.717, 1.165) is 64.7 Å². The Hall–Kier alpha value is -2.51. The first-order valence-electron chi connectivity index (χ1n) is 16.5. The summed E-state index contributed by atoms with van der Waals surface area (Å²) in [5.74, 6) is -1.19. The second-order valence-electron chi connectivity index (χ2n) is 12.8. The SMILES string of the molecule is O=C(c1ccc(O[C@@H]2CCCC[C@H]2N2CCCCC2)cc1F)c1ccc(O[C@@H]2CCCC[C@H]2N2CCCCC2)cc1F. The lowest BCUT2D eigenvalue weighted by Crippen LogP contribution is -2.49. The van der Waals surface area contributed by atoms with Crippen LogP contribution in [-0.4, -0.2) is 66.1 Å². The van der Waals surface area contributed by atoms with Crippen LogP contribution in [0.15, 0.2) is 36.4 Å². The molecule has 2 saturated heterocycles. The van der Waals surface area contributed by atoms with Gasteiger partial charge in [0.05, 0.1) is 11.1 Å². The van der Waals surface area contributed by atoms with Gasteiger partial charge in [-0.2, -0.15) is 0 Å². The molecule has 2 aromatic carbocycles. The van der Waals surface area contributed by atoms with Gasteiger partial charge in [-0.15, -0.1) is 0 Å². The van der Waals surface area contributed by atoms with E-state index in [2.05, 4.69) is 9.80 Å². The maximum Gasteiger partial charge on any atom is 0.198 e. The van der Waals surface area contributed by atoms with Gasteiger partial charge < -0.3 is 9.47 Å². The first-order valence-corrected chi connectivity index (χ1v) is 16.5. The molecule has 4 fully saturated rings. The first kappa shape index (κ1) is 29.6. The topological polar surface area (TPSA) is 42.0 Å². The molecule has 7 heteroatoms. The summed E-state index contributed by atoms with van der Waals surface area (Å²) in [6.45, 7) is 4.39. The Morgan fingerprint density at radius 3 is 1.38 bits per heavy atom. The lowest BCUT2D eigenvalue weighted by Gasteiger charge is -2.41. The van der Waals surface area contributed by atoms with E-state index in [1.54, 1.807) is 12.1 Å². The summed E-state index contributed by atoms with van der Waals surface area (Å²) >= 11 is 0. The molecule has 0 bridgehead atoms. The average molecular weight is 581 g/mol. The van der Waals surface area contributed by atoms with Crippen LogP contribution in [0.5, 0.6) is 11.5 Å². The van der Waals surface area contributed by atoms with Crippen molar-refractivity contribution in [1.29, 1.82) is 0 Å². The molecule has 4 atom stereocenters. The molecule has 2 aromatic rings. The number of hydrogen-bond donors (Lipinski definition) is 0. The minimum Gasteiger partial charge on any atom is -0.489 e. The number of carbonyl (C=O) groups excluding carboxylic acids is 1. The van der Waals surface area contributed by atoms with E-state index in [1.807, 2.05) is 0 Å². The number of rotatable bonds is 8. The monoisotopic (exact) mass is 580 g/mol. The fourth-order valence-corrected chi connectivity index (χ4v) is 7.77. The van der Waals surface area contributed by atoms with Crippen LogP contribution in [0.1, 0.15) is 106 Å². The van der Waals surface area contributed by atoms with Crippen LogP contribution in [-0.2, 0) is 0 Å². The largest absolute Gasteiger partial charge is 0.489 e. The minimum atomic E-state index is -0.686. The fraction of sp³-hybridized carbons (Fsp3) is 0.629. The van der Waals surface area contributed by atoms with Crippen molar-refractivity contribution in [3.63, 3.8) is 0 Å². The number of hydrogen-bond acceptors (Lipinski definition) is 5. The summed E-state index contributed by atoms with van der Waals surface area (Å²) in [6, 6.07) is 9.43. The highest BCUT2D eigenvalue weighted by molar-refractivity contribution is 6.09. The van der Waals surface area contributed by atoms with Crippen LogP contribution in [0.4, 0.5) is 8.78 Å². The molecule has 0 unspecified atom stereocenters. The summed E-state index contributed by atoms with van der Waals surface area (Å²) in [4.78, 5) is 18.3. The number of ether oxygens (including phenoxy) is 2. The predicted octanol–water partition coefficient (Wildman–Crippen LogP) is 7.55. The molecule has 2 saturated carbocycles. The van der Waals surface area contributed by atoms with Crippen molar-refractivity contribution in [3.05, 3.63) is 59.2 Å². The van der Waals surface area contributed by atoms with Crippen LogP contribution in [0.3, 0.4) is 0 Å². The lowest BCUT2D eigenvalue weighted by molar-refractivity contribution is 0.0260. The van der Waals surface area contributed by atoms with Crippen LogP contribution in [0, 0.1) is 11.6 Å². The number of piperidine rings is 2. The molecule has 228 valence electrons. The zero-order valence-electron chi connectivity index (χ0n) is 24.9. The lowest BCUT2D eigenvalue weighted by atomic mass is 9.90. The number of ketones is 1. The predicted molar refractivity (Wildman–Crippen MR) is 160 cm³/mol. The second kappa shape index (κ2) is 13.9. The molecule has 0 amide bonds. The van der Waals surface area contributed by atoms with Gasteiger partial charge in [0.1, 0.15) is 35.3 Å². The molecular formula is C35H46F2N2O3. The van der Waals surface area contributed by atoms with Crippen LogP contribution in [0.2, 0.25) is 0 Å². The number of nitrogens with zero attached hydrogens (tertiary/aromatic N) is 2. The Labute approximate surface area is 249 Å².